The van der Waals surface area contributed by atoms with Crippen LogP contribution < -0.4 is 5.32 Å². The Morgan fingerprint density at radius 3 is 2.57 bits per heavy atom. The summed E-state index contributed by atoms with van der Waals surface area (Å²) < 4.78 is 5.76. The molecule has 1 atom stereocenters. The molecule has 28 heavy (non-hydrogen) atoms. The molecule has 3 amide bonds. The van der Waals surface area contributed by atoms with Crippen molar-refractivity contribution in [2.75, 3.05) is 33.3 Å². The van der Waals surface area contributed by atoms with Gasteiger partial charge in [0.05, 0.1) is 36.0 Å². The number of fused-ring (bicyclic) bond motifs is 1. The Hall–Kier alpha value is -2.52. The minimum Gasteiger partial charge on any atom is -0.450 e. The van der Waals surface area contributed by atoms with Gasteiger partial charge in [0.1, 0.15) is 5.01 Å². The third-order valence-corrected chi connectivity index (χ3v) is 5.54. The summed E-state index contributed by atoms with van der Waals surface area (Å²) in [6.45, 7) is 6.11. The van der Waals surface area contributed by atoms with Crippen molar-refractivity contribution >= 4 is 39.5 Å². The fourth-order valence-corrected chi connectivity index (χ4v) is 3.62. The Morgan fingerprint density at radius 2 is 1.93 bits per heavy atom. The number of carbonyl (C=O) groups is 3. The van der Waals surface area contributed by atoms with Crippen molar-refractivity contribution in [3.8, 4) is 0 Å². The van der Waals surface area contributed by atoms with Crippen molar-refractivity contribution in [3.05, 3.63) is 29.3 Å². The lowest BCUT2D eigenvalue weighted by Gasteiger charge is -2.27. The van der Waals surface area contributed by atoms with E-state index in [1.807, 2.05) is 38.1 Å². The number of carbonyl (C=O) groups excluding carboxylic acids is 3. The molecule has 0 aliphatic heterocycles. The Kier molecular flexibility index (Phi) is 7.89. The van der Waals surface area contributed by atoms with Crippen molar-refractivity contribution in [2.24, 2.45) is 0 Å². The molecule has 8 nitrogen and oxygen atoms in total. The fraction of sp³-hybridized carbons (Fsp3) is 0.474. The molecule has 0 aliphatic carbocycles. The minimum absolute atomic E-state index is 0.0651. The van der Waals surface area contributed by atoms with Gasteiger partial charge in [0.25, 0.3) is 0 Å². The summed E-state index contributed by atoms with van der Waals surface area (Å²) in [5.41, 5.74) is 0.918. The molecule has 0 unspecified atom stereocenters. The van der Waals surface area contributed by atoms with Gasteiger partial charge in [-0.25, -0.2) is 9.78 Å². The Bertz CT molecular complexity index is 805. The van der Waals surface area contributed by atoms with E-state index in [2.05, 4.69) is 15.0 Å². The van der Waals surface area contributed by atoms with Crippen LogP contribution in [0.5, 0.6) is 0 Å². The van der Waals surface area contributed by atoms with E-state index in [-0.39, 0.29) is 31.6 Å². The Balaban J connectivity index is 1.95. The van der Waals surface area contributed by atoms with Crippen molar-refractivity contribution in [2.45, 2.75) is 26.8 Å². The molecule has 9 heteroatoms. The number of imide groups is 1. The molecular formula is C19H26N4O4S. The molecule has 0 bridgehead atoms. The highest BCUT2D eigenvalue weighted by molar-refractivity contribution is 7.18. The van der Waals surface area contributed by atoms with Crippen molar-refractivity contribution in [3.63, 3.8) is 0 Å². The number of hydrogen-bond acceptors (Lipinski definition) is 7. The molecule has 0 spiro atoms. The standard InChI is InChI=1S/C19H26N4O4S/c1-5-23(11-16(24)21-19(26)27-6-2)12-17(25)22(4)13(3)18-20-14-9-7-8-10-15(14)28-18/h7-10,13H,5-6,11-12H2,1-4H3,(H,21,24,26)/t13-/m1/s1. The zero-order chi connectivity index (χ0) is 20.7. The van der Waals surface area contributed by atoms with E-state index >= 15 is 0 Å². The van der Waals surface area contributed by atoms with Gasteiger partial charge in [0.2, 0.25) is 11.8 Å². The summed E-state index contributed by atoms with van der Waals surface area (Å²) >= 11 is 1.56. The molecule has 0 radical (unpaired) electrons. The zero-order valence-corrected chi connectivity index (χ0v) is 17.4. The maximum absolute atomic E-state index is 12.7. The van der Waals surface area contributed by atoms with Gasteiger partial charge >= 0.3 is 6.09 Å². The van der Waals surface area contributed by atoms with Gasteiger partial charge in [-0.05, 0) is 32.5 Å². The summed E-state index contributed by atoms with van der Waals surface area (Å²) in [5, 5.41) is 3.00. The van der Waals surface area contributed by atoms with Crippen molar-refractivity contribution < 1.29 is 19.1 Å². The Morgan fingerprint density at radius 1 is 1.21 bits per heavy atom. The quantitative estimate of drug-likeness (QED) is 0.724. The number of thiazole rings is 1. The van der Waals surface area contributed by atoms with Crippen LogP contribution >= 0.6 is 11.3 Å². The maximum Gasteiger partial charge on any atom is 0.413 e. The Labute approximate surface area is 168 Å². The number of benzene rings is 1. The topological polar surface area (TPSA) is 91.8 Å². The van der Waals surface area contributed by atoms with Crippen LogP contribution in [0.4, 0.5) is 4.79 Å². The summed E-state index contributed by atoms with van der Waals surface area (Å²) in [4.78, 5) is 43.8. The molecule has 0 saturated carbocycles. The van der Waals surface area contributed by atoms with Gasteiger partial charge in [-0.1, -0.05) is 19.1 Å². The molecule has 1 aromatic heterocycles. The van der Waals surface area contributed by atoms with Gasteiger partial charge in [-0.2, -0.15) is 0 Å². The fourth-order valence-electron chi connectivity index (χ4n) is 2.56. The number of aromatic nitrogens is 1. The first-order chi connectivity index (χ1) is 13.3. The number of likely N-dealkylation sites (N-methyl/N-ethyl adjacent to an activating group) is 2. The second-order valence-electron chi connectivity index (χ2n) is 6.27. The summed E-state index contributed by atoms with van der Waals surface area (Å²) in [6.07, 6.45) is -0.781. The third kappa shape index (κ3) is 5.74. The number of alkyl carbamates (subject to hydrolysis) is 1. The molecule has 1 heterocycles. The second kappa shape index (κ2) is 10.1. The minimum atomic E-state index is -0.781. The third-order valence-electron chi connectivity index (χ3n) is 4.33. The van der Waals surface area contributed by atoms with E-state index in [1.54, 1.807) is 35.1 Å². The summed E-state index contributed by atoms with van der Waals surface area (Å²) in [5.74, 6) is -0.632. The van der Waals surface area contributed by atoms with Crippen LogP contribution in [0.25, 0.3) is 10.2 Å². The smallest absolute Gasteiger partial charge is 0.413 e. The lowest BCUT2D eigenvalue weighted by Crippen LogP contribution is -2.45. The first-order valence-electron chi connectivity index (χ1n) is 9.15. The molecule has 2 rings (SSSR count). The first kappa shape index (κ1) is 21.8. The molecule has 0 saturated heterocycles. The number of para-hydroxylation sites is 1. The van der Waals surface area contributed by atoms with Gasteiger partial charge < -0.3 is 9.64 Å². The highest BCUT2D eigenvalue weighted by Gasteiger charge is 2.23. The van der Waals surface area contributed by atoms with Crippen LogP contribution in [0.1, 0.15) is 31.8 Å². The van der Waals surface area contributed by atoms with Crippen LogP contribution in [0.2, 0.25) is 0 Å². The van der Waals surface area contributed by atoms with E-state index in [0.717, 1.165) is 15.2 Å². The maximum atomic E-state index is 12.7. The average Bonchev–Trinajstić information content (AvgIpc) is 3.10. The number of rotatable bonds is 8. The normalized spacial score (nSPS) is 12.0. The zero-order valence-electron chi connectivity index (χ0n) is 16.6. The average molecular weight is 407 g/mol. The van der Waals surface area contributed by atoms with Gasteiger partial charge in [0, 0.05) is 7.05 Å². The van der Waals surface area contributed by atoms with Crippen molar-refractivity contribution in [1.29, 1.82) is 0 Å². The van der Waals surface area contributed by atoms with E-state index in [0.29, 0.717) is 6.54 Å². The molecule has 2 aromatic rings. The summed E-state index contributed by atoms with van der Waals surface area (Å²) in [7, 11) is 1.73. The largest absolute Gasteiger partial charge is 0.450 e. The number of amides is 3. The van der Waals surface area contributed by atoms with Crippen LogP contribution in [0.3, 0.4) is 0 Å². The predicted molar refractivity (Wildman–Crippen MR) is 108 cm³/mol. The molecule has 152 valence electrons. The first-order valence-corrected chi connectivity index (χ1v) is 9.97. The molecule has 0 aliphatic rings. The van der Waals surface area contributed by atoms with Gasteiger partial charge in [0.15, 0.2) is 0 Å². The van der Waals surface area contributed by atoms with E-state index in [9.17, 15) is 14.4 Å². The number of nitrogens with one attached hydrogen (secondary N) is 1. The van der Waals surface area contributed by atoms with Gasteiger partial charge in [-0.15, -0.1) is 11.3 Å². The molecule has 1 aromatic carbocycles. The van der Waals surface area contributed by atoms with E-state index in [1.165, 1.54) is 0 Å². The monoisotopic (exact) mass is 406 g/mol. The molecule has 1 N–H and O–H groups in total. The second-order valence-corrected chi connectivity index (χ2v) is 7.33. The molecular weight excluding hydrogens is 380 g/mol. The predicted octanol–water partition coefficient (Wildman–Crippen LogP) is 2.41. The number of nitrogens with zero attached hydrogens (tertiary/aromatic N) is 3. The number of hydrogen-bond donors (Lipinski definition) is 1. The number of ether oxygens (including phenoxy) is 1. The molecule has 0 fully saturated rings. The van der Waals surface area contributed by atoms with Crippen molar-refractivity contribution in [1.82, 2.24) is 20.1 Å². The highest BCUT2D eigenvalue weighted by atomic mass is 32.1. The van der Waals surface area contributed by atoms with Crippen LogP contribution in [0.15, 0.2) is 24.3 Å². The van der Waals surface area contributed by atoms with Gasteiger partial charge in [-0.3, -0.25) is 19.8 Å². The summed E-state index contributed by atoms with van der Waals surface area (Å²) in [6, 6.07) is 7.67. The van der Waals surface area contributed by atoms with Crippen LogP contribution in [-0.4, -0.2) is 66.0 Å². The highest BCUT2D eigenvalue weighted by Crippen LogP contribution is 2.28. The van der Waals surface area contributed by atoms with E-state index < -0.39 is 12.0 Å². The van der Waals surface area contributed by atoms with Crippen LogP contribution in [0, 0.1) is 0 Å². The van der Waals surface area contributed by atoms with Crippen LogP contribution in [-0.2, 0) is 14.3 Å². The van der Waals surface area contributed by atoms with E-state index in [4.69, 9.17) is 0 Å². The lowest BCUT2D eigenvalue weighted by atomic mass is 10.3. The lowest BCUT2D eigenvalue weighted by molar-refractivity contribution is -0.133. The SMILES string of the molecule is CCOC(=O)NC(=O)CN(CC)CC(=O)N(C)[C@H](C)c1nc2ccccc2s1.